The monoisotopic (exact) mass is 323 g/mol. The van der Waals surface area contributed by atoms with Crippen LogP contribution in [0.5, 0.6) is 0 Å². The Bertz CT molecular complexity index is 388. The summed E-state index contributed by atoms with van der Waals surface area (Å²) in [6, 6.07) is -0.836. The van der Waals surface area contributed by atoms with E-state index >= 15 is 0 Å². The number of likely N-dealkylation sites (N-methyl/N-ethyl adjacent to an activating group) is 1. The average Bonchev–Trinajstić information content (AvgIpc) is 2.39. The Morgan fingerprint density at radius 2 is 2.00 bits per heavy atom. The number of amides is 2. The number of quaternary nitrogens is 1. The predicted octanol–water partition coefficient (Wildman–Crippen LogP) is -1.77. The van der Waals surface area contributed by atoms with E-state index in [9.17, 15) is 19.6 Å². The van der Waals surface area contributed by atoms with Crippen LogP contribution in [0.3, 0.4) is 0 Å². The summed E-state index contributed by atoms with van der Waals surface area (Å²) in [6.07, 6.45) is 0. The number of carbonyl (C=O) groups is 3. The van der Waals surface area contributed by atoms with E-state index in [0.717, 1.165) is 11.8 Å². The molecule has 0 aromatic rings. The van der Waals surface area contributed by atoms with Crippen molar-refractivity contribution < 1.29 is 29.8 Å². The molecule has 0 aliphatic heterocycles. The zero-order valence-electron chi connectivity index (χ0n) is 12.4. The average molecular weight is 323 g/mol. The minimum absolute atomic E-state index is 0.0502. The maximum Gasteiger partial charge on any atom is 0.243 e. The lowest BCUT2D eigenvalue weighted by atomic mass is 9.97. The Morgan fingerprint density at radius 1 is 1.43 bits per heavy atom. The summed E-state index contributed by atoms with van der Waals surface area (Å²) >= 11 is 0.841. The second-order valence-corrected chi connectivity index (χ2v) is 5.90. The molecule has 2 unspecified atom stereocenters. The number of hydrogen-bond acceptors (Lipinski definition) is 7. The molecule has 0 aromatic carbocycles. The van der Waals surface area contributed by atoms with Crippen LogP contribution in [0, 0.1) is 10.6 Å². The van der Waals surface area contributed by atoms with Gasteiger partial charge in [-0.05, 0) is 13.8 Å². The van der Waals surface area contributed by atoms with Crippen molar-refractivity contribution in [3.05, 3.63) is 5.21 Å². The Balaban J connectivity index is 4.53. The maximum absolute atomic E-state index is 12.0. The molecule has 21 heavy (non-hydrogen) atoms. The first kappa shape index (κ1) is 19.8. The molecule has 9 nitrogen and oxygen atoms in total. The van der Waals surface area contributed by atoms with Gasteiger partial charge in [0, 0.05) is 19.7 Å². The normalized spacial score (nSPS) is 14.2. The molecule has 0 aliphatic rings. The third-order valence-electron chi connectivity index (χ3n) is 2.43. The third-order valence-corrected chi connectivity index (χ3v) is 3.75. The molecule has 0 rings (SSSR count). The van der Waals surface area contributed by atoms with E-state index in [1.807, 2.05) is 0 Å². The van der Waals surface area contributed by atoms with Crippen molar-refractivity contribution in [3.8, 4) is 0 Å². The van der Waals surface area contributed by atoms with E-state index in [2.05, 4.69) is 15.5 Å². The Hall–Kier alpha value is -1.20. The molecule has 10 heteroatoms. The van der Waals surface area contributed by atoms with E-state index in [-0.39, 0.29) is 23.4 Å². The van der Waals surface area contributed by atoms with E-state index in [0.29, 0.717) is 0 Å². The first-order valence-corrected chi connectivity index (χ1v) is 7.10. The number of thioether (sulfide) groups is 1. The van der Waals surface area contributed by atoms with Gasteiger partial charge >= 0.3 is 0 Å². The van der Waals surface area contributed by atoms with Gasteiger partial charge in [0.25, 0.3) is 0 Å². The zero-order valence-corrected chi connectivity index (χ0v) is 13.2. The van der Waals surface area contributed by atoms with Crippen LogP contribution in [-0.4, -0.2) is 47.6 Å². The Labute approximate surface area is 126 Å². The topological polar surface area (TPSA) is 132 Å². The molecule has 2 amide bonds. The van der Waals surface area contributed by atoms with Gasteiger partial charge < -0.3 is 15.8 Å². The van der Waals surface area contributed by atoms with Crippen molar-refractivity contribution in [3.63, 3.8) is 0 Å². The minimum Gasteiger partial charge on any atom is -0.566 e. The molecule has 4 N–H and O–H groups in total. The van der Waals surface area contributed by atoms with Crippen LogP contribution in [0.1, 0.15) is 20.8 Å². The van der Waals surface area contributed by atoms with Crippen molar-refractivity contribution in [1.82, 2.24) is 10.6 Å². The van der Waals surface area contributed by atoms with Crippen molar-refractivity contribution in [2.45, 2.75) is 26.8 Å². The van der Waals surface area contributed by atoms with Crippen LogP contribution in [-0.2, 0) is 19.2 Å². The summed E-state index contributed by atoms with van der Waals surface area (Å²) < 4.78 is 0. The summed E-state index contributed by atoms with van der Waals surface area (Å²) in [7, 11) is 1.42. The van der Waals surface area contributed by atoms with Crippen LogP contribution >= 0.6 is 11.8 Å². The van der Waals surface area contributed by atoms with Gasteiger partial charge in [0.05, 0.1) is 5.41 Å². The van der Waals surface area contributed by atoms with E-state index in [1.54, 1.807) is 13.8 Å². The standard InChI is InChI=1S/C11H21N3O6S/c1-7(15)13-8(9(16)12-4)5-21-10(17)11(2,3)6-20-14(18)19/h8,14,18H,5-6H2,1-4H3,(H,12,16)(H,13,15). The highest BCUT2D eigenvalue weighted by Crippen LogP contribution is 2.24. The fraction of sp³-hybridized carbons (Fsp3) is 0.727. The number of rotatable bonds is 8. The summed E-state index contributed by atoms with van der Waals surface area (Å²) in [5.41, 5.74) is -1.02. The fourth-order valence-corrected chi connectivity index (χ4v) is 2.26. The van der Waals surface area contributed by atoms with Crippen molar-refractivity contribution >= 4 is 28.7 Å². The van der Waals surface area contributed by atoms with E-state index < -0.39 is 22.8 Å². The minimum atomic E-state index is -1.46. The highest BCUT2D eigenvalue weighted by Gasteiger charge is 2.31. The first-order chi connectivity index (χ1) is 9.60. The maximum atomic E-state index is 12.0. The molecule has 0 fully saturated rings. The predicted molar refractivity (Wildman–Crippen MR) is 75.0 cm³/mol. The molecule has 122 valence electrons. The van der Waals surface area contributed by atoms with Crippen LogP contribution in [0.4, 0.5) is 0 Å². The highest BCUT2D eigenvalue weighted by atomic mass is 32.2. The molecule has 0 aromatic heterocycles. The highest BCUT2D eigenvalue weighted by molar-refractivity contribution is 8.13. The lowest BCUT2D eigenvalue weighted by molar-refractivity contribution is -1.21. The van der Waals surface area contributed by atoms with Crippen molar-refractivity contribution in [1.29, 1.82) is 0 Å². The molecule has 0 radical (unpaired) electrons. The molecule has 0 bridgehead atoms. The van der Waals surface area contributed by atoms with Gasteiger partial charge in [0.15, 0.2) is 5.12 Å². The molecule has 0 saturated heterocycles. The summed E-state index contributed by atoms with van der Waals surface area (Å²) in [6.45, 7) is 4.07. The Kier molecular flexibility index (Phi) is 8.44. The third kappa shape index (κ3) is 7.97. The van der Waals surface area contributed by atoms with Crippen LogP contribution in [0.2, 0.25) is 0 Å². The lowest BCUT2D eigenvalue weighted by Crippen LogP contribution is -3.03. The van der Waals surface area contributed by atoms with Gasteiger partial charge in [-0.25, -0.2) is 0 Å². The Morgan fingerprint density at radius 3 is 2.43 bits per heavy atom. The summed E-state index contributed by atoms with van der Waals surface area (Å²) in [4.78, 5) is 39.0. The van der Waals surface area contributed by atoms with Crippen LogP contribution in [0.15, 0.2) is 0 Å². The molecular weight excluding hydrogens is 302 g/mol. The van der Waals surface area contributed by atoms with Gasteiger partial charge in [-0.2, -0.15) is 10.0 Å². The lowest BCUT2D eigenvalue weighted by Gasteiger charge is -2.23. The van der Waals surface area contributed by atoms with Crippen LogP contribution < -0.4 is 16.0 Å². The van der Waals surface area contributed by atoms with Gasteiger partial charge in [-0.3, -0.25) is 14.4 Å². The summed E-state index contributed by atoms with van der Waals surface area (Å²) in [5, 5.41) is 21.8. The number of nitrogens with one attached hydrogen (secondary N) is 3. The first-order valence-electron chi connectivity index (χ1n) is 6.11. The molecule has 0 saturated carbocycles. The van der Waals surface area contributed by atoms with E-state index in [4.69, 9.17) is 5.21 Å². The molecule has 0 aliphatic carbocycles. The smallest absolute Gasteiger partial charge is 0.243 e. The second kappa shape index (κ2) is 8.95. The second-order valence-electron chi connectivity index (χ2n) is 4.90. The number of carbonyl (C=O) groups excluding carboxylic acids is 3. The van der Waals surface area contributed by atoms with Gasteiger partial charge in [0.2, 0.25) is 11.8 Å². The largest absolute Gasteiger partial charge is 0.566 e. The molecule has 2 atom stereocenters. The SMILES string of the molecule is CNC(=O)C(CSC(=O)C(C)(C)CO[NH+]([O-])O)NC(C)=O. The molecular formula is C11H21N3O6S. The van der Waals surface area contributed by atoms with Gasteiger partial charge in [-0.15, -0.1) is 0 Å². The van der Waals surface area contributed by atoms with Gasteiger partial charge in [0.1, 0.15) is 12.6 Å². The van der Waals surface area contributed by atoms with Gasteiger partial charge in [-0.1, -0.05) is 17.2 Å². The van der Waals surface area contributed by atoms with Crippen LogP contribution in [0.25, 0.3) is 0 Å². The zero-order chi connectivity index (χ0) is 16.6. The van der Waals surface area contributed by atoms with E-state index in [1.165, 1.54) is 14.0 Å². The fourth-order valence-electron chi connectivity index (χ4n) is 1.26. The van der Waals surface area contributed by atoms with Crippen molar-refractivity contribution in [2.24, 2.45) is 5.41 Å². The molecule has 0 heterocycles. The van der Waals surface area contributed by atoms with Crippen molar-refractivity contribution in [2.75, 3.05) is 19.4 Å². The quantitative estimate of drug-likeness (QED) is 0.388. The number of hydrogen-bond donors (Lipinski definition) is 4. The summed E-state index contributed by atoms with van der Waals surface area (Å²) in [5.74, 6) is -0.746. The molecule has 0 spiro atoms.